The van der Waals surface area contributed by atoms with Crippen molar-refractivity contribution >= 4 is 40.7 Å². The van der Waals surface area contributed by atoms with Gasteiger partial charge in [-0.2, -0.15) is 0 Å². The number of carbonyl (C=O) groups excluding carboxylic acids is 2. The monoisotopic (exact) mass is 371 g/mol. The van der Waals surface area contributed by atoms with Gasteiger partial charge in [0.05, 0.1) is 28.8 Å². The first-order valence-corrected chi connectivity index (χ1v) is 8.82. The van der Waals surface area contributed by atoms with Crippen LogP contribution in [0.15, 0.2) is 18.2 Å². The van der Waals surface area contributed by atoms with Gasteiger partial charge in [-0.1, -0.05) is 36.2 Å². The number of halogens is 2. The predicted octanol–water partition coefficient (Wildman–Crippen LogP) is 3.12. The van der Waals surface area contributed by atoms with Crippen molar-refractivity contribution in [1.82, 2.24) is 9.80 Å². The van der Waals surface area contributed by atoms with Crippen LogP contribution in [0.1, 0.15) is 19.8 Å². The van der Waals surface area contributed by atoms with Crippen molar-refractivity contribution in [2.24, 2.45) is 5.92 Å². The number of benzene rings is 1. The first-order chi connectivity index (χ1) is 11.4. The van der Waals surface area contributed by atoms with Crippen molar-refractivity contribution in [1.29, 1.82) is 0 Å². The van der Waals surface area contributed by atoms with Gasteiger partial charge in [-0.05, 0) is 37.4 Å². The van der Waals surface area contributed by atoms with Crippen LogP contribution in [0.2, 0.25) is 10.0 Å². The highest BCUT2D eigenvalue weighted by molar-refractivity contribution is 6.39. The van der Waals surface area contributed by atoms with Crippen LogP contribution in [-0.4, -0.2) is 54.8 Å². The minimum absolute atomic E-state index is 0.0379. The first-order valence-electron chi connectivity index (χ1n) is 8.07. The van der Waals surface area contributed by atoms with Gasteiger partial charge in [0.2, 0.25) is 11.8 Å². The van der Waals surface area contributed by atoms with Crippen molar-refractivity contribution in [3.63, 3.8) is 0 Å². The zero-order valence-corrected chi connectivity index (χ0v) is 15.5. The number of anilines is 1. The smallest absolute Gasteiger partial charge is 0.244 e. The van der Waals surface area contributed by atoms with Gasteiger partial charge >= 0.3 is 0 Å². The van der Waals surface area contributed by atoms with E-state index in [1.807, 2.05) is 0 Å². The number of rotatable bonds is 5. The molecule has 5 nitrogen and oxygen atoms in total. The van der Waals surface area contributed by atoms with Crippen LogP contribution in [0.25, 0.3) is 0 Å². The highest BCUT2D eigenvalue weighted by atomic mass is 35.5. The molecule has 1 aromatic carbocycles. The van der Waals surface area contributed by atoms with E-state index in [4.69, 9.17) is 23.2 Å². The van der Waals surface area contributed by atoms with E-state index in [1.54, 1.807) is 25.2 Å². The Hall–Kier alpha value is -1.30. The lowest BCUT2D eigenvalue weighted by atomic mass is 10.0. The summed E-state index contributed by atoms with van der Waals surface area (Å²) in [7, 11) is 1.63. The summed E-state index contributed by atoms with van der Waals surface area (Å²) in [6, 6.07) is 5.00. The lowest BCUT2D eigenvalue weighted by molar-refractivity contribution is -0.134. The van der Waals surface area contributed by atoms with Gasteiger partial charge in [0, 0.05) is 13.6 Å². The molecule has 0 bridgehead atoms. The Balaban J connectivity index is 1.85. The molecule has 1 atom stereocenters. The Kier molecular flexibility index (Phi) is 6.90. The third-order valence-corrected chi connectivity index (χ3v) is 4.76. The molecule has 132 valence electrons. The Morgan fingerprint density at radius 3 is 2.62 bits per heavy atom. The Morgan fingerprint density at radius 1 is 1.33 bits per heavy atom. The summed E-state index contributed by atoms with van der Waals surface area (Å²) >= 11 is 12.1. The minimum Gasteiger partial charge on any atom is -0.335 e. The molecule has 0 saturated carbocycles. The highest BCUT2D eigenvalue weighted by Crippen LogP contribution is 2.29. The maximum atomic E-state index is 12.3. The molecule has 0 radical (unpaired) electrons. The lowest BCUT2D eigenvalue weighted by Crippen LogP contribution is -2.44. The van der Waals surface area contributed by atoms with E-state index in [0.29, 0.717) is 28.2 Å². The van der Waals surface area contributed by atoms with E-state index in [-0.39, 0.29) is 18.4 Å². The zero-order valence-electron chi connectivity index (χ0n) is 14.0. The van der Waals surface area contributed by atoms with Gasteiger partial charge in [0.15, 0.2) is 0 Å². The average Bonchev–Trinajstić information content (AvgIpc) is 2.51. The molecule has 24 heavy (non-hydrogen) atoms. The first kappa shape index (κ1) is 19.0. The Bertz CT molecular complexity index is 589. The van der Waals surface area contributed by atoms with Gasteiger partial charge in [-0.3, -0.25) is 14.5 Å². The molecular weight excluding hydrogens is 349 g/mol. The van der Waals surface area contributed by atoms with Crippen LogP contribution in [0.3, 0.4) is 0 Å². The van der Waals surface area contributed by atoms with Gasteiger partial charge in [-0.25, -0.2) is 0 Å². The van der Waals surface area contributed by atoms with Crippen molar-refractivity contribution in [3.8, 4) is 0 Å². The van der Waals surface area contributed by atoms with Crippen LogP contribution >= 0.6 is 23.2 Å². The summed E-state index contributed by atoms with van der Waals surface area (Å²) in [4.78, 5) is 28.0. The fourth-order valence-electron chi connectivity index (χ4n) is 2.84. The molecule has 0 aromatic heterocycles. The van der Waals surface area contributed by atoms with Crippen molar-refractivity contribution in [2.45, 2.75) is 19.8 Å². The van der Waals surface area contributed by atoms with Crippen LogP contribution < -0.4 is 5.32 Å². The number of nitrogens with one attached hydrogen (secondary N) is 1. The number of nitrogens with zero attached hydrogens (tertiary/aromatic N) is 2. The predicted molar refractivity (Wildman–Crippen MR) is 97.6 cm³/mol. The average molecular weight is 372 g/mol. The van der Waals surface area contributed by atoms with Gasteiger partial charge in [-0.15, -0.1) is 0 Å². The largest absolute Gasteiger partial charge is 0.335 e. The van der Waals surface area contributed by atoms with Crippen LogP contribution in [0, 0.1) is 5.92 Å². The molecule has 2 rings (SSSR count). The van der Waals surface area contributed by atoms with E-state index in [0.717, 1.165) is 19.5 Å². The molecule has 1 fully saturated rings. The number of piperidine rings is 1. The molecule has 1 aliphatic heterocycles. The molecule has 1 aromatic rings. The summed E-state index contributed by atoms with van der Waals surface area (Å²) in [6.07, 6.45) is 2.32. The third kappa shape index (κ3) is 5.36. The molecule has 1 saturated heterocycles. The van der Waals surface area contributed by atoms with Crippen LogP contribution in [0.4, 0.5) is 5.69 Å². The number of likely N-dealkylation sites (tertiary alicyclic amines) is 1. The third-order valence-electron chi connectivity index (χ3n) is 4.13. The highest BCUT2D eigenvalue weighted by Gasteiger charge is 2.21. The topological polar surface area (TPSA) is 52.7 Å². The van der Waals surface area contributed by atoms with Crippen molar-refractivity contribution < 1.29 is 9.59 Å². The summed E-state index contributed by atoms with van der Waals surface area (Å²) < 4.78 is 0. The molecule has 0 unspecified atom stereocenters. The fraction of sp³-hybridized carbons (Fsp3) is 0.529. The molecule has 1 aliphatic rings. The number of hydrogen-bond donors (Lipinski definition) is 1. The van der Waals surface area contributed by atoms with Gasteiger partial charge in [0.1, 0.15) is 0 Å². The Labute approximate surface area is 152 Å². The standard InChI is InChI=1S/C17H23Cl2N3O2/c1-12-5-4-8-22(9-12)11-16(24)21(2)10-15(23)20-17-13(18)6-3-7-14(17)19/h3,6-7,12H,4-5,8-11H2,1-2H3,(H,20,23)/t12-/m0/s1. The second-order valence-electron chi connectivity index (χ2n) is 6.38. The second-order valence-corrected chi connectivity index (χ2v) is 7.19. The lowest BCUT2D eigenvalue weighted by Gasteiger charge is -2.31. The molecule has 7 heteroatoms. The summed E-state index contributed by atoms with van der Waals surface area (Å²) in [5, 5.41) is 3.40. The van der Waals surface area contributed by atoms with Gasteiger partial charge in [0.25, 0.3) is 0 Å². The number of para-hydroxylation sites is 1. The van der Waals surface area contributed by atoms with Gasteiger partial charge < -0.3 is 10.2 Å². The number of amides is 2. The number of carbonyl (C=O) groups is 2. The maximum Gasteiger partial charge on any atom is 0.244 e. The zero-order chi connectivity index (χ0) is 17.7. The van der Waals surface area contributed by atoms with E-state index >= 15 is 0 Å². The molecular formula is C17H23Cl2N3O2. The number of hydrogen-bond acceptors (Lipinski definition) is 3. The molecule has 1 N–H and O–H groups in total. The molecule has 0 spiro atoms. The van der Waals surface area contributed by atoms with E-state index in [2.05, 4.69) is 17.1 Å². The quantitative estimate of drug-likeness (QED) is 0.864. The summed E-state index contributed by atoms with van der Waals surface area (Å²) in [5.74, 6) is 0.222. The number of likely N-dealkylation sites (N-methyl/N-ethyl adjacent to an activating group) is 1. The van der Waals surface area contributed by atoms with Crippen LogP contribution in [0.5, 0.6) is 0 Å². The summed E-state index contributed by atoms with van der Waals surface area (Å²) in [6.45, 7) is 4.37. The SMILES string of the molecule is C[C@H]1CCCN(CC(=O)N(C)CC(=O)Nc2c(Cl)cccc2Cl)C1. The normalized spacial score (nSPS) is 18.2. The minimum atomic E-state index is -0.326. The molecule has 0 aliphatic carbocycles. The fourth-order valence-corrected chi connectivity index (χ4v) is 3.33. The van der Waals surface area contributed by atoms with E-state index in [1.165, 1.54) is 11.3 Å². The summed E-state index contributed by atoms with van der Waals surface area (Å²) in [5.41, 5.74) is 0.372. The van der Waals surface area contributed by atoms with E-state index in [9.17, 15) is 9.59 Å². The second kappa shape index (κ2) is 8.70. The van der Waals surface area contributed by atoms with Crippen molar-refractivity contribution in [2.75, 3.05) is 38.5 Å². The van der Waals surface area contributed by atoms with Crippen LogP contribution in [-0.2, 0) is 9.59 Å². The Morgan fingerprint density at radius 2 is 2.00 bits per heavy atom. The maximum absolute atomic E-state index is 12.3. The van der Waals surface area contributed by atoms with Crippen molar-refractivity contribution in [3.05, 3.63) is 28.2 Å². The molecule has 2 amide bonds. The van der Waals surface area contributed by atoms with E-state index < -0.39 is 0 Å². The molecule has 1 heterocycles.